The molecule has 122 valence electrons. The molecule has 1 aromatic carbocycles. The molecule has 6 nitrogen and oxygen atoms in total. The normalized spacial score (nSPS) is 22.8. The molecular weight excluding hydrogens is 314 g/mol. The summed E-state index contributed by atoms with van der Waals surface area (Å²) in [4.78, 5) is 12.0. The van der Waals surface area contributed by atoms with Crippen LogP contribution in [0.5, 0.6) is 0 Å². The van der Waals surface area contributed by atoms with E-state index in [-0.39, 0.29) is 23.6 Å². The van der Waals surface area contributed by atoms with Crippen LogP contribution in [0, 0.1) is 10.7 Å². The van der Waals surface area contributed by atoms with Gasteiger partial charge in [0.15, 0.2) is 5.76 Å². The number of carbonyl (C=O) groups is 1. The van der Waals surface area contributed by atoms with Gasteiger partial charge in [-0.1, -0.05) is 35.5 Å². The fourth-order valence-corrected chi connectivity index (χ4v) is 3.81. The van der Waals surface area contributed by atoms with E-state index in [1.165, 1.54) is 6.26 Å². The first-order valence-electron chi connectivity index (χ1n) is 7.45. The molecule has 1 fully saturated rings. The standard InChI is InChI=1S/C16H19N3O3S/c1-23(17,21)14-7-12(8-14)16(20)18-10-13-9-15(19-22-13)11-5-3-2-4-6-11/h2-6,9,12,14,17H,7-8,10H2,1H3,(H,18,20). The average molecular weight is 333 g/mol. The van der Waals surface area contributed by atoms with Crippen molar-refractivity contribution in [3.63, 3.8) is 0 Å². The number of nitrogens with one attached hydrogen (secondary N) is 2. The lowest BCUT2D eigenvalue weighted by Crippen LogP contribution is -2.43. The summed E-state index contributed by atoms with van der Waals surface area (Å²) in [5, 5.41) is 6.65. The molecule has 0 saturated heterocycles. The van der Waals surface area contributed by atoms with Crippen LogP contribution in [0.25, 0.3) is 11.3 Å². The summed E-state index contributed by atoms with van der Waals surface area (Å²) in [6, 6.07) is 11.5. The monoisotopic (exact) mass is 333 g/mol. The maximum Gasteiger partial charge on any atom is 0.223 e. The first-order valence-corrected chi connectivity index (χ1v) is 9.48. The van der Waals surface area contributed by atoms with Gasteiger partial charge in [-0.05, 0) is 12.8 Å². The van der Waals surface area contributed by atoms with E-state index in [9.17, 15) is 9.00 Å². The SMILES string of the molecule is CS(=N)(=O)C1CC(C(=O)NCc2cc(-c3ccccc3)no2)C1. The van der Waals surface area contributed by atoms with Gasteiger partial charge >= 0.3 is 0 Å². The van der Waals surface area contributed by atoms with Gasteiger partial charge in [-0.3, -0.25) is 9.57 Å². The number of hydrogen-bond donors (Lipinski definition) is 2. The molecule has 1 amide bonds. The summed E-state index contributed by atoms with van der Waals surface area (Å²) >= 11 is 0. The van der Waals surface area contributed by atoms with E-state index in [2.05, 4.69) is 10.5 Å². The Morgan fingerprint density at radius 3 is 2.74 bits per heavy atom. The van der Waals surface area contributed by atoms with Crippen LogP contribution in [0.2, 0.25) is 0 Å². The van der Waals surface area contributed by atoms with Gasteiger partial charge in [-0.25, -0.2) is 4.21 Å². The third kappa shape index (κ3) is 3.61. The van der Waals surface area contributed by atoms with E-state index in [0.717, 1.165) is 11.3 Å². The molecule has 1 heterocycles. The van der Waals surface area contributed by atoms with Gasteiger partial charge in [0.1, 0.15) is 5.69 Å². The molecule has 1 aromatic heterocycles. The van der Waals surface area contributed by atoms with Gasteiger partial charge in [0, 0.05) is 38.8 Å². The van der Waals surface area contributed by atoms with Crippen molar-refractivity contribution in [3.8, 4) is 11.3 Å². The molecule has 2 aromatic rings. The van der Waals surface area contributed by atoms with Crippen LogP contribution in [-0.4, -0.2) is 26.8 Å². The molecule has 0 spiro atoms. The summed E-state index contributed by atoms with van der Waals surface area (Å²) in [6.45, 7) is 0.280. The number of amides is 1. The second-order valence-electron chi connectivity index (χ2n) is 5.96. The van der Waals surface area contributed by atoms with Crippen molar-refractivity contribution in [2.24, 2.45) is 5.92 Å². The third-order valence-corrected chi connectivity index (χ3v) is 5.82. The molecule has 1 aliphatic carbocycles. The second kappa shape index (κ2) is 6.16. The van der Waals surface area contributed by atoms with Crippen LogP contribution in [0.1, 0.15) is 18.6 Å². The molecule has 2 N–H and O–H groups in total. The van der Waals surface area contributed by atoms with E-state index < -0.39 is 9.73 Å². The Balaban J connectivity index is 1.52. The van der Waals surface area contributed by atoms with Crippen LogP contribution < -0.4 is 5.32 Å². The topological polar surface area (TPSA) is 96.0 Å². The van der Waals surface area contributed by atoms with E-state index >= 15 is 0 Å². The molecule has 1 unspecified atom stereocenters. The predicted octanol–water partition coefficient (Wildman–Crippen LogP) is 2.41. The van der Waals surface area contributed by atoms with E-state index in [4.69, 9.17) is 9.30 Å². The number of aromatic nitrogens is 1. The van der Waals surface area contributed by atoms with Gasteiger partial charge in [0.05, 0.1) is 6.54 Å². The lowest BCUT2D eigenvalue weighted by molar-refractivity contribution is -0.127. The summed E-state index contributed by atoms with van der Waals surface area (Å²) < 4.78 is 24.3. The molecule has 23 heavy (non-hydrogen) atoms. The third-order valence-electron chi connectivity index (χ3n) is 4.17. The zero-order chi connectivity index (χ0) is 16.4. The highest BCUT2D eigenvalue weighted by Gasteiger charge is 2.38. The summed E-state index contributed by atoms with van der Waals surface area (Å²) in [7, 11) is -2.54. The summed E-state index contributed by atoms with van der Waals surface area (Å²) in [6.07, 6.45) is 2.48. The summed E-state index contributed by atoms with van der Waals surface area (Å²) in [5.74, 6) is 0.359. The highest BCUT2D eigenvalue weighted by molar-refractivity contribution is 7.92. The zero-order valence-electron chi connectivity index (χ0n) is 12.8. The Morgan fingerprint density at radius 2 is 2.09 bits per heavy atom. The van der Waals surface area contributed by atoms with Gasteiger partial charge in [0.2, 0.25) is 5.91 Å². The van der Waals surface area contributed by atoms with Gasteiger partial charge in [-0.15, -0.1) is 0 Å². The fourth-order valence-electron chi connectivity index (χ4n) is 2.61. The Hall–Kier alpha value is -2.15. The van der Waals surface area contributed by atoms with Gasteiger partial charge < -0.3 is 9.84 Å². The highest BCUT2D eigenvalue weighted by Crippen LogP contribution is 2.33. The Kier molecular flexibility index (Phi) is 4.21. The molecule has 3 rings (SSSR count). The maximum atomic E-state index is 12.0. The van der Waals surface area contributed by atoms with Crippen molar-refractivity contribution in [1.82, 2.24) is 10.5 Å². The fraction of sp³-hybridized carbons (Fsp3) is 0.375. The van der Waals surface area contributed by atoms with Crippen molar-refractivity contribution in [2.75, 3.05) is 6.26 Å². The Morgan fingerprint density at radius 1 is 1.39 bits per heavy atom. The largest absolute Gasteiger partial charge is 0.359 e. The zero-order valence-corrected chi connectivity index (χ0v) is 13.6. The minimum atomic E-state index is -2.54. The van der Waals surface area contributed by atoms with Crippen LogP contribution in [-0.2, 0) is 21.1 Å². The van der Waals surface area contributed by atoms with Crippen molar-refractivity contribution in [3.05, 3.63) is 42.2 Å². The van der Waals surface area contributed by atoms with Crippen molar-refractivity contribution in [2.45, 2.75) is 24.6 Å². The number of carbonyl (C=O) groups excluding carboxylic acids is 1. The Labute approximate surface area is 135 Å². The summed E-state index contributed by atoms with van der Waals surface area (Å²) in [5.41, 5.74) is 1.70. The molecular formula is C16H19N3O3S. The number of hydrogen-bond acceptors (Lipinski definition) is 5. The van der Waals surface area contributed by atoms with Crippen molar-refractivity contribution < 1.29 is 13.5 Å². The molecule has 0 radical (unpaired) electrons. The molecule has 0 bridgehead atoms. The van der Waals surface area contributed by atoms with Crippen molar-refractivity contribution in [1.29, 1.82) is 4.78 Å². The number of rotatable bonds is 5. The quantitative estimate of drug-likeness (QED) is 0.878. The molecule has 0 aliphatic heterocycles. The Bertz CT molecular complexity index is 793. The van der Waals surface area contributed by atoms with Crippen LogP contribution in [0.3, 0.4) is 0 Å². The first-order chi connectivity index (χ1) is 10.9. The maximum absolute atomic E-state index is 12.0. The second-order valence-corrected chi connectivity index (χ2v) is 8.43. The lowest BCUT2D eigenvalue weighted by atomic mass is 9.84. The molecule has 1 aliphatic rings. The van der Waals surface area contributed by atoms with Gasteiger partial charge in [0.25, 0.3) is 0 Å². The average Bonchev–Trinajstić information content (AvgIpc) is 2.92. The lowest BCUT2D eigenvalue weighted by Gasteiger charge is -2.33. The molecule has 7 heteroatoms. The molecule has 1 saturated carbocycles. The van der Waals surface area contributed by atoms with E-state index in [1.807, 2.05) is 36.4 Å². The predicted molar refractivity (Wildman–Crippen MR) is 87.1 cm³/mol. The van der Waals surface area contributed by atoms with Crippen LogP contribution in [0.4, 0.5) is 0 Å². The smallest absolute Gasteiger partial charge is 0.223 e. The number of benzene rings is 1. The number of nitrogens with zero attached hydrogens (tertiary/aromatic N) is 1. The van der Waals surface area contributed by atoms with Crippen LogP contribution >= 0.6 is 0 Å². The van der Waals surface area contributed by atoms with Crippen LogP contribution in [0.15, 0.2) is 40.9 Å². The minimum Gasteiger partial charge on any atom is -0.359 e. The minimum absolute atomic E-state index is 0.0810. The van der Waals surface area contributed by atoms with Gasteiger partial charge in [-0.2, -0.15) is 0 Å². The highest BCUT2D eigenvalue weighted by atomic mass is 32.2. The first kappa shape index (κ1) is 15.7. The molecule has 1 atom stereocenters. The van der Waals surface area contributed by atoms with E-state index in [0.29, 0.717) is 18.6 Å². The van der Waals surface area contributed by atoms with E-state index in [1.54, 1.807) is 0 Å². The van der Waals surface area contributed by atoms with Crippen molar-refractivity contribution >= 4 is 15.6 Å².